The van der Waals surface area contributed by atoms with Crippen molar-refractivity contribution in [2.75, 3.05) is 6.61 Å². The predicted octanol–water partition coefficient (Wildman–Crippen LogP) is 4.77. The maximum atomic E-state index is 12.3. The molecular weight excluding hydrogens is 388 g/mol. The number of hydrogen-bond donors (Lipinski definition) is 1. The monoisotopic (exact) mass is 414 g/mol. The molecule has 0 radical (unpaired) electrons. The molecule has 5 heteroatoms. The molecule has 0 amide bonds. The lowest BCUT2D eigenvalue weighted by Gasteiger charge is -2.25. The number of rotatable bonds is 8. The molecule has 3 aromatic rings. The Labute approximate surface area is 182 Å². The van der Waals surface area contributed by atoms with E-state index in [0.29, 0.717) is 25.5 Å². The van der Waals surface area contributed by atoms with Crippen molar-refractivity contribution in [3.8, 4) is 5.75 Å². The highest BCUT2D eigenvalue weighted by molar-refractivity contribution is 5.88. The first-order valence-electron chi connectivity index (χ1n) is 10.5. The molecule has 0 bridgehead atoms. The predicted molar refractivity (Wildman–Crippen MR) is 120 cm³/mol. The Bertz CT molecular complexity index is 1020. The Morgan fingerprint density at radius 1 is 0.903 bits per heavy atom. The van der Waals surface area contributed by atoms with Gasteiger partial charge in [-0.05, 0) is 41.8 Å². The summed E-state index contributed by atoms with van der Waals surface area (Å²) in [6.45, 7) is 3.32. The number of nitrogens with zero attached hydrogens (tertiary/aromatic N) is 1. The Balaban J connectivity index is 1.49. The summed E-state index contributed by atoms with van der Waals surface area (Å²) in [5.41, 5.74) is 7.03. The first kappa shape index (κ1) is 20.7. The van der Waals surface area contributed by atoms with Crippen molar-refractivity contribution in [1.82, 2.24) is 10.4 Å². The number of nitrogens with one attached hydrogen (secondary N) is 1. The normalized spacial score (nSPS) is 15.8. The Morgan fingerprint density at radius 2 is 1.55 bits per heavy atom. The lowest BCUT2D eigenvalue weighted by Crippen LogP contribution is -2.35. The minimum Gasteiger partial charge on any atom is -0.489 e. The summed E-state index contributed by atoms with van der Waals surface area (Å²) in [5, 5.41) is 2.04. The van der Waals surface area contributed by atoms with Crippen LogP contribution in [0.25, 0.3) is 0 Å². The Hall–Kier alpha value is -3.57. The smallest absolute Gasteiger partial charge is 0.355 e. The van der Waals surface area contributed by atoms with Gasteiger partial charge in [-0.2, -0.15) is 0 Å². The maximum absolute atomic E-state index is 12.3. The summed E-state index contributed by atoms with van der Waals surface area (Å²) in [6, 6.07) is 28.2. The zero-order valence-corrected chi connectivity index (χ0v) is 17.5. The number of hydrazine groups is 1. The summed E-state index contributed by atoms with van der Waals surface area (Å²) in [5.74, 6) is 0.466. The molecule has 0 saturated carbocycles. The molecule has 1 unspecified atom stereocenters. The fraction of sp³-hybridized carbons (Fsp3) is 0.192. The zero-order chi connectivity index (χ0) is 21.5. The highest BCUT2D eigenvalue weighted by atomic mass is 16.5. The van der Waals surface area contributed by atoms with Crippen LogP contribution in [0.5, 0.6) is 5.75 Å². The number of carbonyl (C=O) groups is 1. The molecular formula is C26H26N2O3. The fourth-order valence-corrected chi connectivity index (χ4v) is 3.53. The fourth-order valence-electron chi connectivity index (χ4n) is 3.53. The van der Waals surface area contributed by atoms with Gasteiger partial charge < -0.3 is 14.9 Å². The van der Waals surface area contributed by atoms with E-state index in [2.05, 4.69) is 17.6 Å². The second-order valence-corrected chi connectivity index (χ2v) is 7.31. The third kappa shape index (κ3) is 5.32. The summed E-state index contributed by atoms with van der Waals surface area (Å²) < 4.78 is 11.1. The minimum absolute atomic E-state index is 0.0946. The van der Waals surface area contributed by atoms with E-state index in [-0.39, 0.29) is 12.0 Å². The molecule has 0 aliphatic carbocycles. The van der Waals surface area contributed by atoms with Gasteiger partial charge in [0.15, 0.2) is 0 Å². The Kier molecular flexibility index (Phi) is 6.65. The summed E-state index contributed by atoms with van der Waals surface area (Å²) >= 11 is 0. The largest absolute Gasteiger partial charge is 0.489 e. The second kappa shape index (κ2) is 9.96. The number of benzene rings is 3. The molecule has 1 aliphatic heterocycles. The van der Waals surface area contributed by atoms with Crippen LogP contribution < -0.4 is 10.2 Å². The summed E-state index contributed by atoms with van der Waals surface area (Å²) in [7, 11) is 0. The van der Waals surface area contributed by atoms with Gasteiger partial charge in [-0.1, -0.05) is 72.8 Å². The van der Waals surface area contributed by atoms with Crippen molar-refractivity contribution < 1.29 is 14.3 Å². The number of esters is 1. The van der Waals surface area contributed by atoms with E-state index in [1.165, 1.54) is 0 Å². The summed E-state index contributed by atoms with van der Waals surface area (Å²) in [6.07, 6.45) is 1.92. The van der Waals surface area contributed by atoms with Crippen molar-refractivity contribution >= 4 is 5.97 Å². The van der Waals surface area contributed by atoms with Crippen LogP contribution >= 0.6 is 0 Å². The van der Waals surface area contributed by atoms with E-state index in [4.69, 9.17) is 9.47 Å². The molecule has 0 aromatic heterocycles. The highest BCUT2D eigenvalue weighted by Gasteiger charge is 2.29. The molecule has 0 saturated heterocycles. The van der Waals surface area contributed by atoms with Crippen molar-refractivity contribution in [1.29, 1.82) is 0 Å². The van der Waals surface area contributed by atoms with Gasteiger partial charge in [0.1, 0.15) is 18.1 Å². The van der Waals surface area contributed by atoms with Gasteiger partial charge in [0.05, 0.1) is 12.6 Å². The minimum atomic E-state index is -0.342. The van der Waals surface area contributed by atoms with E-state index in [1.807, 2.05) is 83.9 Å². The molecule has 3 aromatic carbocycles. The SMILES string of the molecule is CCOC(=O)C1=CC(c2ccc(OCc3ccccc3)cc2)N(Cc2ccccc2)N1. The topological polar surface area (TPSA) is 50.8 Å². The Morgan fingerprint density at radius 3 is 2.19 bits per heavy atom. The van der Waals surface area contributed by atoms with E-state index >= 15 is 0 Å². The zero-order valence-electron chi connectivity index (χ0n) is 17.5. The van der Waals surface area contributed by atoms with Crippen LogP contribution in [0.2, 0.25) is 0 Å². The van der Waals surface area contributed by atoms with E-state index < -0.39 is 0 Å². The van der Waals surface area contributed by atoms with Gasteiger partial charge in [-0.25, -0.2) is 9.80 Å². The number of ether oxygens (including phenoxy) is 2. The molecule has 1 heterocycles. The third-order valence-electron chi connectivity index (χ3n) is 5.09. The number of hydrogen-bond acceptors (Lipinski definition) is 5. The van der Waals surface area contributed by atoms with Crippen LogP contribution in [0, 0.1) is 0 Å². The maximum Gasteiger partial charge on any atom is 0.355 e. The average molecular weight is 415 g/mol. The van der Waals surface area contributed by atoms with Crippen molar-refractivity contribution in [3.63, 3.8) is 0 Å². The third-order valence-corrected chi connectivity index (χ3v) is 5.09. The van der Waals surface area contributed by atoms with Gasteiger partial charge in [-0.15, -0.1) is 0 Å². The van der Waals surface area contributed by atoms with Gasteiger partial charge in [0.2, 0.25) is 0 Å². The van der Waals surface area contributed by atoms with Crippen LogP contribution in [0.1, 0.15) is 29.7 Å². The quantitative estimate of drug-likeness (QED) is 0.538. The van der Waals surface area contributed by atoms with Gasteiger partial charge in [0.25, 0.3) is 0 Å². The molecule has 1 N–H and O–H groups in total. The van der Waals surface area contributed by atoms with Crippen LogP contribution in [0.4, 0.5) is 0 Å². The first-order chi connectivity index (χ1) is 15.2. The molecule has 1 atom stereocenters. The lowest BCUT2D eigenvalue weighted by atomic mass is 10.1. The average Bonchev–Trinajstić information content (AvgIpc) is 3.23. The van der Waals surface area contributed by atoms with Crippen molar-refractivity contribution in [2.45, 2.75) is 26.1 Å². The molecule has 158 valence electrons. The standard InChI is InChI=1S/C26H26N2O3/c1-2-30-26(29)24-17-25(28(27-24)18-20-9-5-3-6-10-20)22-13-15-23(16-14-22)31-19-21-11-7-4-8-12-21/h3-17,25,27H,2,18-19H2,1H3. The van der Waals surface area contributed by atoms with Gasteiger partial charge >= 0.3 is 5.97 Å². The van der Waals surface area contributed by atoms with Crippen molar-refractivity contribution in [3.05, 3.63) is 113 Å². The summed E-state index contributed by atoms with van der Waals surface area (Å²) in [4.78, 5) is 12.3. The van der Waals surface area contributed by atoms with Crippen LogP contribution in [0.15, 0.2) is 96.7 Å². The molecule has 1 aliphatic rings. The molecule has 5 nitrogen and oxygen atoms in total. The van der Waals surface area contributed by atoms with E-state index in [1.54, 1.807) is 6.92 Å². The highest BCUT2D eigenvalue weighted by Crippen LogP contribution is 2.30. The number of carbonyl (C=O) groups excluding carboxylic acids is 1. The van der Waals surface area contributed by atoms with Crippen LogP contribution in [-0.4, -0.2) is 17.6 Å². The van der Waals surface area contributed by atoms with Crippen molar-refractivity contribution in [2.24, 2.45) is 0 Å². The van der Waals surface area contributed by atoms with Crippen LogP contribution in [0.3, 0.4) is 0 Å². The van der Waals surface area contributed by atoms with E-state index in [9.17, 15) is 4.79 Å². The van der Waals surface area contributed by atoms with Gasteiger partial charge in [-0.3, -0.25) is 0 Å². The molecule has 0 fully saturated rings. The van der Waals surface area contributed by atoms with Crippen LogP contribution in [-0.2, 0) is 22.7 Å². The van der Waals surface area contributed by atoms with E-state index in [0.717, 1.165) is 22.4 Å². The molecule has 31 heavy (non-hydrogen) atoms. The molecule has 4 rings (SSSR count). The van der Waals surface area contributed by atoms with Gasteiger partial charge in [0, 0.05) is 6.54 Å². The lowest BCUT2D eigenvalue weighted by molar-refractivity contribution is -0.139. The second-order valence-electron chi connectivity index (χ2n) is 7.31. The molecule has 0 spiro atoms. The first-order valence-corrected chi connectivity index (χ1v) is 10.5.